The largest absolute Gasteiger partial charge is 0.319 e. The van der Waals surface area contributed by atoms with Crippen LogP contribution < -0.4 is 20.7 Å². The van der Waals surface area contributed by atoms with E-state index in [1.165, 1.54) is 5.59 Å². The highest BCUT2D eigenvalue weighted by Crippen LogP contribution is 1.60. The Hall–Kier alpha value is 0.0900. The molecule has 0 spiro atoms. The molecule has 5 nitrogen and oxygen atoms in total. The van der Waals surface area contributed by atoms with Crippen molar-refractivity contribution in [2.75, 3.05) is 0 Å². The summed E-state index contributed by atoms with van der Waals surface area (Å²) in [6.07, 6.45) is 0. The van der Waals surface area contributed by atoms with Crippen LogP contribution in [-0.2, 0) is 4.39 Å². The minimum absolute atomic E-state index is 1.44. The summed E-state index contributed by atoms with van der Waals surface area (Å²) in [6, 6.07) is 0. The second-order valence-electron chi connectivity index (χ2n) is 0.384. The first kappa shape index (κ1) is 6.09. The van der Waals surface area contributed by atoms with E-state index < -0.39 is 10.8 Å². The van der Waals surface area contributed by atoms with Crippen LogP contribution >= 0.6 is 0 Å². The molecule has 0 unspecified atom stereocenters. The lowest BCUT2D eigenvalue weighted by Gasteiger charge is -1.85. The SMILES string of the molecule is NNO[Cl+2]([O-])[O-]. The van der Waals surface area contributed by atoms with Crippen molar-refractivity contribution in [1.29, 1.82) is 0 Å². The van der Waals surface area contributed by atoms with Crippen LogP contribution in [-0.4, -0.2) is 0 Å². The quantitative estimate of drug-likeness (QED) is 0.287. The van der Waals surface area contributed by atoms with E-state index >= 15 is 0 Å². The second-order valence-corrected chi connectivity index (χ2v) is 0.916. The van der Waals surface area contributed by atoms with Gasteiger partial charge in [-0.05, 0) is 5.59 Å². The van der Waals surface area contributed by atoms with Gasteiger partial charge in [-0.3, -0.25) is 0 Å². The molecular formula is H3ClN2O3. The van der Waals surface area contributed by atoms with Crippen LogP contribution in [0.15, 0.2) is 0 Å². The molecule has 6 heavy (non-hydrogen) atoms. The van der Waals surface area contributed by atoms with Crippen molar-refractivity contribution in [3.8, 4) is 0 Å². The van der Waals surface area contributed by atoms with Crippen LogP contribution in [0.3, 0.4) is 0 Å². The van der Waals surface area contributed by atoms with Crippen LogP contribution in [0.2, 0.25) is 0 Å². The molecule has 0 saturated carbocycles. The van der Waals surface area contributed by atoms with E-state index in [1.54, 1.807) is 0 Å². The van der Waals surface area contributed by atoms with Gasteiger partial charge in [0.15, 0.2) is 0 Å². The summed E-state index contributed by atoms with van der Waals surface area (Å²) in [5, 5.41) is 0. The standard InChI is InChI=1S/ClH3N2O3/c2-3-6-1(4)5/h3H,2H2. The number of halogens is 1. The fourth-order valence-electron chi connectivity index (χ4n) is 0.0364. The van der Waals surface area contributed by atoms with Crippen molar-refractivity contribution in [3.05, 3.63) is 0 Å². The predicted molar refractivity (Wildman–Crippen MR) is 8.41 cm³/mol. The van der Waals surface area contributed by atoms with E-state index in [1.807, 2.05) is 0 Å². The molecule has 0 bridgehead atoms. The third kappa shape index (κ3) is 4.09. The van der Waals surface area contributed by atoms with Gasteiger partial charge >= 0.3 is 10.8 Å². The Morgan fingerprint density at radius 2 is 2.17 bits per heavy atom. The minimum Gasteiger partial charge on any atom is -0.319 e. The summed E-state index contributed by atoms with van der Waals surface area (Å²) in [6.45, 7) is 0. The highest BCUT2D eigenvalue weighted by atomic mass is 35.6. The minimum atomic E-state index is -2.27. The maximum absolute atomic E-state index is 9.20. The summed E-state index contributed by atoms with van der Waals surface area (Å²) in [5.41, 5.74) is 1.44. The van der Waals surface area contributed by atoms with E-state index in [0.717, 1.165) is 0 Å². The highest BCUT2D eigenvalue weighted by Gasteiger charge is 1.99. The molecule has 0 atom stereocenters. The summed E-state index contributed by atoms with van der Waals surface area (Å²) < 4.78 is 21.8. The van der Waals surface area contributed by atoms with Gasteiger partial charge in [-0.1, -0.05) is 0 Å². The number of hydrogen-bond acceptors (Lipinski definition) is 5. The zero-order chi connectivity index (χ0) is 4.99. The van der Waals surface area contributed by atoms with E-state index in [9.17, 15) is 9.32 Å². The van der Waals surface area contributed by atoms with Crippen molar-refractivity contribution in [3.63, 3.8) is 0 Å². The van der Waals surface area contributed by atoms with Gasteiger partial charge in [-0.2, -0.15) is 0 Å². The number of nitrogens with two attached hydrogens (primary N) is 1. The van der Waals surface area contributed by atoms with Crippen LogP contribution in [0.25, 0.3) is 0 Å². The molecule has 0 aliphatic heterocycles. The van der Waals surface area contributed by atoms with Gasteiger partial charge in [0.1, 0.15) is 4.39 Å². The molecule has 0 rings (SSSR count). The van der Waals surface area contributed by atoms with Gasteiger partial charge in [-0.15, -0.1) is 0 Å². The zero-order valence-corrected chi connectivity index (χ0v) is 3.44. The summed E-state index contributed by atoms with van der Waals surface area (Å²) in [7, 11) is -2.27. The lowest BCUT2D eigenvalue weighted by atomic mass is 12.8. The van der Waals surface area contributed by atoms with Crippen molar-refractivity contribution in [1.82, 2.24) is 5.59 Å². The predicted octanol–water partition coefficient (Wildman–Crippen LogP) is -3.53. The normalized spacial score (nSPS) is 10.0. The van der Waals surface area contributed by atoms with Gasteiger partial charge in [-0.25, -0.2) is 5.84 Å². The lowest BCUT2D eigenvalue weighted by molar-refractivity contribution is -1.63. The molecular weight excluding hydrogens is 111 g/mol. The first-order valence-corrected chi connectivity index (χ1v) is 1.88. The molecule has 0 heterocycles. The molecule has 0 aromatic rings. The molecule has 0 saturated heterocycles. The smallest absolute Gasteiger partial charge is 0.313 e. The third-order valence-corrected chi connectivity index (χ3v) is 0.323. The number of hydrogen-bond donors (Lipinski definition) is 2. The lowest BCUT2D eigenvalue weighted by Crippen LogP contribution is -2.40. The maximum atomic E-state index is 9.20. The topological polar surface area (TPSA) is 93.4 Å². The fraction of sp³-hybridized carbons (Fsp3) is 0. The first-order valence-electron chi connectivity index (χ1n) is 0.956. The molecule has 6 heteroatoms. The van der Waals surface area contributed by atoms with Crippen molar-refractivity contribution in [2.24, 2.45) is 5.84 Å². The van der Waals surface area contributed by atoms with Crippen molar-refractivity contribution < 1.29 is 24.5 Å². The van der Waals surface area contributed by atoms with E-state index in [0.29, 0.717) is 0 Å². The molecule has 0 aromatic carbocycles. The first-order chi connectivity index (χ1) is 2.77. The van der Waals surface area contributed by atoms with Crippen molar-refractivity contribution >= 4 is 0 Å². The summed E-state index contributed by atoms with van der Waals surface area (Å²) >= 11 is 0. The van der Waals surface area contributed by atoms with Crippen LogP contribution in [0.5, 0.6) is 0 Å². The van der Waals surface area contributed by atoms with Gasteiger partial charge in [0, 0.05) is 0 Å². The Morgan fingerprint density at radius 1 is 1.67 bits per heavy atom. The molecule has 0 radical (unpaired) electrons. The fourth-order valence-corrected chi connectivity index (χ4v) is 0.109. The Morgan fingerprint density at radius 3 is 2.17 bits per heavy atom. The summed E-state index contributed by atoms with van der Waals surface area (Å²) in [4.78, 5) is 0. The van der Waals surface area contributed by atoms with E-state index in [4.69, 9.17) is 0 Å². The third-order valence-electron chi connectivity index (χ3n) is 0.108. The van der Waals surface area contributed by atoms with E-state index in [2.05, 4.69) is 10.2 Å². The molecule has 0 aliphatic carbocycles. The maximum Gasteiger partial charge on any atom is 0.313 e. The molecule has 0 aliphatic rings. The van der Waals surface area contributed by atoms with Crippen LogP contribution in [0.4, 0.5) is 0 Å². The average molecular weight is 114 g/mol. The van der Waals surface area contributed by atoms with Crippen LogP contribution in [0, 0.1) is 10.8 Å². The molecule has 3 N–H and O–H groups in total. The number of hydrazine groups is 1. The van der Waals surface area contributed by atoms with E-state index in [-0.39, 0.29) is 0 Å². The average Bonchev–Trinajstić information content (AvgIpc) is 1.35. The van der Waals surface area contributed by atoms with Crippen LogP contribution in [0.1, 0.15) is 0 Å². The Kier molecular flexibility index (Phi) is 3.34. The van der Waals surface area contributed by atoms with Gasteiger partial charge in [0.25, 0.3) is 0 Å². The second kappa shape index (κ2) is 3.29. The number of nitrogens with one attached hydrogen (secondary N) is 1. The zero-order valence-electron chi connectivity index (χ0n) is 2.68. The Labute approximate surface area is 37.0 Å². The monoisotopic (exact) mass is 114 g/mol. The molecule has 0 amide bonds. The van der Waals surface area contributed by atoms with Gasteiger partial charge in [0.2, 0.25) is 0 Å². The molecule has 0 fully saturated rings. The number of rotatable bonds is 2. The highest BCUT2D eigenvalue weighted by molar-refractivity contribution is 3.48. The molecule has 0 aromatic heterocycles. The van der Waals surface area contributed by atoms with Gasteiger partial charge in [0.05, 0.1) is 0 Å². The van der Waals surface area contributed by atoms with Gasteiger partial charge < -0.3 is 9.32 Å². The molecule has 38 valence electrons. The Balaban J connectivity index is 2.63. The summed E-state index contributed by atoms with van der Waals surface area (Å²) in [5.74, 6) is 4.35. The van der Waals surface area contributed by atoms with Crippen molar-refractivity contribution in [2.45, 2.75) is 0 Å². The Bertz CT molecular complexity index is 30.0.